The third-order valence-corrected chi connectivity index (χ3v) is 9.47. The summed E-state index contributed by atoms with van der Waals surface area (Å²) in [6.45, 7) is 0. The Labute approximate surface area is 276 Å². The maximum Gasteiger partial charge on any atom is 0.234 e. The number of benzene rings is 7. The van der Waals surface area contributed by atoms with Crippen molar-refractivity contribution in [2.75, 3.05) is 0 Å². The minimum atomic E-state index is 0.629. The second kappa shape index (κ2) is 10.5. The van der Waals surface area contributed by atoms with Crippen molar-refractivity contribution in [1.82, 2.24) is 14.5 Å². The predicted molar refractivity (Wildman–Crippen MR) is 197 cm³/mol. The quantitative estimate of drug-likeness (QED) is 0.198. The molecule has 48 heavy (non-hydrogen) atoms. The Hall–Kier alpha value is -6.52. The van der Waals surface area contributed by atoms with Crippen LogP contribution in [0.5, 0.6) is 0 Å². The lowest BCUT2D eigenvalue weighted by atomic mass is 9.94. The standard InChI is InChI=1S/C44H27N3O/c1-3-11-28(12-4-1)31-21-32(29-13-5-2-6-14-29)23-33(22-31)34-26-45-44(46-27-34)47-39-18-10-9-17-36(39)37-25-42-38(24-40(37)47)43-35-16-8-7-15-30(35)19-20-41(43)48-42/h1-27H. The molecule has 0 spiro atoms. The molecule has 224 valence electrons. The Balaban J connectivity index is 1.16. The van der Waals surface area contributed by atoms with Crippen LogP contribution < -0.4 is 0 Å². The summed E-state index contributed by atoms with van der Waals surface area (Å²) in [6.07, 6.45) is 3.89. The van der Waals surface area contributed by atoms with Gasteiger partial charge in [0.05, 0.1) is 11.0 Å². The Kier molecular flexibility index (Phi) is 5.84. The molecule has 0 atom stereocenters. The fourth-order valence-corrected chi connectivity index (χ4v) is 7.20. The van der Waals surface area contributed by atoms with E-state index in [0.717, 1.165) is 66.0 Å². The molecular formula is C44H27N3O. The fourth-order valence-electron chi connectivity index (χ4n) is 7.20. The first-order chi connectivity index (χ1) is 23.8. The van der Waals surface area contributed by atoms with Crippen molar-refractivity contribution < 1.29 is 4.42 Å². The molecule has 0 saturated heterocycles. The molecule has 10 aromatic rings. The molecule has 4 nitrogen and oxygen atoms in total. The monoisotopic (exact) mass is 613 g/mol. The molecule has 0 saturated carbocycles. The molecule has 7 aromatic carbocycles. The van der Waals surface area contributed by atoms with Crippen molar-refractivity contribution in [2.45, 2.75) is 0 Å². The second-order valence-corrected chi connectivity index (χ2v) is 12.3. The van der Waals surface area contributed by atoms with Crippen molar-refractivity contribution in [3.8, 4) is 39.3 Å². The number of rotatable bonds is 4. The number of furan rings is 1. The zero-order valence-electron chi connectivity index (χ0n) is 25.8. The summed E-state index contributed by atoms with van der Waals surface area (Å²) in [6, 6.07) is 53.3. The van der Waals surface area contributed by atoms with Gasteiger partial charge in [0.25, 0.3) is 0 Å². The average Bonchev–Trinajstić information content (AvgIpc) is 3.69. The van der Waals surface area contributed by atoms with E-state index < -0.39 is 0 Å². The highest BCUT2D eigenvalue weighted by Crippen LogP contribution is 2.40. The van der Waals surface area contributed by atoms with Crippen LogP contribution in [0.3, 0.4) is 0 Å². The van der Waals surface area contributed by atoms with Crippen molar-refractivity contribution in [1.29, 1.82) is 0 Å². The molecule has 0 amide bonds. The predicted octanol–water partition coefficient (Wildman–Crippen LogP) is 11.6. The second-order valence-electron chi connectivity index (χ2n) is 12.3. The van der Waals surface area contributed by atoms with E-state index in [1.54, 1.807) is 0 Å². The molecule has 3 heterocycles. The van der Waals surface area contributed by atoms with E-state index in [1.165, 1.54) is 21.9 Å². The Morgan fingerprint density at radius 2 is 1.00 bits per heavy atom. The average molecular weight is 614 g/mol. The summed E-state index contributed by atoms with van der Waals surface area (Å²) in [7, 11) is 0. The SMILES string of the molecule is c1ccc(-c2cc(-c3ccccc3)cc(-c3cnc(-n4c5ccccc5c5cc6oc7ccc8ccccc8c7c6cc54)nc3)c2)cc1. The number of hydrogen-bond acceptors (Lipinski definition) is 3. The normalized spacial score (nSPS) is 11.8. The van der Waals surface area contributed by atoms with Gasteiger partial charge < -0.3 is 4.42 Å². The first-order valence-corrected chi connectivity index (χ1v) is 16.1. The summed E-state index contributed by atoms with van der Waals surface area (Å²) < 4.78 is 8.61. The third-order valence-electron chi connectivity index (χ3n) is 9.47. The van der Waals surface area contributed by atoms with Crippen molar-refractivity contribution in [2.24, 2.45) is 0 Å². The van der Waals surface area contributed by atoms with Crippen LogP contribution >= 0.6 is 0 Å². The molecule has 0 radical (unpaired) electrons. The number of fused-ring (bicyclic) bond motifs is 8. The Morgan fingerprint density at radius 3 is 1.71 bits per heavy atom. The van der Waals surface area contributed by atoms with Gasteiger partial charge in [-0.05, 0) is 81.1 Å². The maximum absolute atomic E-state index is 6.44. The van der Waals surface area contributed by atoms with Crippen LogP contribution in [0.1, 0.15) is 0 Å². The van der Waals surface area contributed by atoms with Gasteiger partial charge in [0.2, 0.25) is 5.95 Å². The van der Waals surface area contributed by atoms with Crippen molar-refractivity contribution in [3.63, 3.8) is 0 Å². The molecule has 3 aromatic heterocycles. The van der Waals surface area contributed by atoms with E-state index in [0.29, 0.717) is 5.95 Å². The molecule has 4 heteroatoms. The van der Waals surface area contributed by atoms with Crippen LogP contribution in [-0.4, -0.2) is 14.5 Å². The van der Waals surface area contributed by atoms with Crippen molar-refractivity contribution >= 4 is 54.5 Å². The van der Waals surface area contributed by atoms with Gasteiger partial charge in [0.1, 0.15) is 11.2 Å². The molecule has 0 aliphatic rings. The van der Waals surface area contributed by atoms with Crippen LogP contribution in [0.2, 0.25) is 0 Å². The molecule has 10 rings (SSSR count). The lowest BCUT2D eigenvalue weighted by molar-refractivity contribution is 0.670. The highest BCUT2D eigenvalue weighted by molar-refractivity contribution is 6.22. The molecule has 0 fully saturated rings. The van der Waals surface area contributed by atoms with Gasteiger partial charge in [-0.25, -0.2) is 9.97 Å². The minimum absolute atomic E-state index is 0.629. The molecule has 0 N–H and O–H groups in total. The van der Waals surface area contributed by atoms with Crippen LogP contribution in [-0.2, 0) is 0 Å². The molecular weight excluding hydrogens is 587 g/mol. The lowest BCUT2D eigenvalue weighted by Gasteiger charge is -2.12. The topological polar surface area (TPSA) is 43.9 Å². The molecule has 0 aliphatic carbocycles. The Morgan fingerprint density at radius 1 is 0.396 bits per heavy atom. The highest BCUT2D eigenvalue weighted by Gasteiger charge is 2.19. The number of para-hydroxylation sites is 1. The summed E-state index contributed by atoms with van der Waals surface area (Å²) in [4.78, 5) is 10.0. The van der Waals surface area contributed by atoms with E-state index >= 15 is 0 Å². The van der Waals surface area contributed by atoms with Gasteiger partial charge in [0.15, 0.2) is 0 Å². The lowest BCUT2D eigenvalue weighted by Crippen LogP contribution is -2.00. The summed E-state index contributed by atoms with van der Waals surface area (Å²) >= 11 is 0. The minimum Gasteiger partial charge on any atom is -0.456 e. The Bertz CT molecular complexity index is 2760. The van der Waals surface area contributed by atoms with Crippen LogP contribution in [0.4, 0.5) is 0 Å². The maximum atomic E-state index is 6.44. The molecule has 0 bridgehead atoms. The van der Waals surface area contributed by atoms with Gasteiger partial charge in [-0.3, -0.25) is 4.57 Å². The smallest absolute Gasteiger partial charge is 0.234 e. The third kappa shape index (κ3) is 4.16. The highest BCUT2D eigenvalue weighted by atomic mass is 16.3. The van der Waals surface area contributed by atoms with E-state index in [-0.39, 0.29) is 0 Å². The van der Waals surface area contributed by atoms with E-state index in [1.807, 2.05) is 12.4 Å². The molecule has 0 unspecified atom stereocenters. The van der Waals surface area contributed by atoms with Crippen molar-refractivity contribution in [3.05, 3.63) is 164 Å². The van der Waals surface area contributed by atoms with Gasteiger partial charge >= 0.3 is 0 Å². The summed E-state index contributed by atoms with van der Waals surface area (Å²) in [5, 5.41) is 6.84. The summed E-state index contributed by atoms with van der Waals surface area (Å²) in [5.41, 5.74) is 10.6. The first kappa shape index (κ1) is 26.7. The van der Waals surface area contributed by atoms with E-state index in [2.05, 4.69) is 156 Å². The first-order valence-electron chi connectivity index (χ1n) is 16.1. The zero-order chi connectivity index (χ0) is 31.6. The fraction of sp³-hybridized carbons (Fsp3) is 0. The van der Waals surface area contributed by atoms with Crippen LogP contribution in [0, 0.1) is 0 Å². The van der Waals surface area contributed by atoms with Gasteiger partial charge in [-0.15, -0.1) is 0 Å². The van der Waals surface area contributed by atoms with Gasteiger partial charge in [-0.2, -0.15) is 0 Å². The number of hydrogen-bond donors (Lipinski definition) is 0. The number of nitrogens with zero attached hydrogens (tertiary/aromatic N) is 3. The zero-order valence-corrected chi connectivity index (χ0v) is 25.8. The van der Waals surface area contributed by atoms with Gasteiger partial charge in [-0.1, -0.05) is 109 Å². The number of aromatic nitrogens is 3. The van der Waals surface area contributed by atoms with Crippen LogP contribution in [0.15, 0.2) is 168 Å². The largest absolute Gasteiger partial charge is 0.456 e. The molecule has 0 aliphatic heterocycles. The van der Waals surface area contributed by atoms with Gasteiger partial charge in [0, 0.05) is 39.5 Å². The van der Waals surface area contributed by atoms with E-state index in [4.69, 9.17) is 14.4 Å². The van der Waals surface area contributed by atoms with Crippen LogP contribution in [0.25, 0.3) is 93.8 Å². The summed E-state index contributed by atoms with van der Waals surface area (Å²) in [5.74, 6) is 0.629. The van der Waals surface area contributed by atoms with E-state index in [9.17, 15) is 0 Å².